The van der Waals surface area contributed by atoms with E-state index in [4.69, 9.17) is 0 Å². The van der Waals surface area contributed by atoms with Gasteiger partial charge in [0, 0.05) is 55.5 Å². The molecule has 3 rings (SSSR count). The van der Waals surface area contributed by atoms with Crippen molar-refractivity contribution in [3.8, 4) is 0 Å². The Hall–Kier alpha value is -2.62. The van der Waals surface area contributed by atoms with Gasteiger partial charge < -0.3 is 9.47 Å². The first-order valence-electron chi connectivity index (χ1n) is 8.20. The van der Waals surface area contributed by atoms with Crippen LogP contribution < -0.4 is 0 Å². The van der Waals surface area contributed by atoms with Crippen LogP contribution in [-0.2, 0) is 13.5 Å². The highest BCUT2D eigenvalue weighted by atomic mass is 16.2. The number of aromatic nitrogens is 2. The maximum atomic E-state index is 13.0. The predicted molar refractivity (Wildman–Crippen MR) is 97.2 cm³/mol. The van der Waals surface area contributed by atoms with E-state index in [1.807, 2.05) is 66.3 Å². The number of hydrogen-bond donors (Lipinski definition) is 0. The summed E-state index contributed by atoms with van der Waals surface area (Å²) >= 11 is 0. The number of nitrogens with zero attached hydrogens (tertiary/aromatic N) is 3. The van der Waals surface area contributed by atoms with E-state index in [1.165, 1.54) is 5.56 Å². The fourth-order valence-corrected chi connectivity index (χ4v) is 3.05. The molecule has 1 atom stereocenters. The number of para-hydroxylation sites is 1. The van der Waals surface area contributed by atoms with Gasteiger partial charge in [0.1, 0.15) is 0 Å². The van der Waals surface area contributed by atoms with Crippen molar-refractivity contribution in [2.75, 3.05) is 7.05 Å². The maximum Gasteiger partial charge on any atom is 0.256 e. The van der Waals surface area contributed by atoms with E-state index < -0.39 is 0 Å². The summed E-state index contributed by atoms with van der Waals surface area (Å²) < 4.78 is 2.00. The molecule has 2 aromatic heterocycles. The Morgan fingerprint density at radius 3 is 2.79 bits per heavy atom. The predicted octanol–water partition coefficient (Wildman–Crippen LogP) is 3.58. The Labute approximate surface area is 142 Å². The molecule has 1 aromatic carbocycles. The summed E-state index contributed by atoms with van der Waals surface area (Å²) in [5.41, 5.74) is 4.03. The molecule has 0 aliphatic heterocycles. The molecule has 2 heterocycles. The number of pyridine rings is 1. The lowest BCUT2D eigenvalue weighted by Crippen LogP contribution is -2.36. The molecular formula is C20H23N3O. The second-order valence-corrected chi connectivity index (χ2v) is 6.46. The van der Waals surface area contributed by atoms with Gasteiger partial charge in [-0.25, -0.2) is 0 Å². The van der Waals surface area contributed by atoms with Crippen molar-refractivity contribution in [1.82, 2.24) is 14.5 Å². The van der Waals surface area contributed by atoms with Crippen molar-refractivity contribution in [1.29, 1.82) is 0 Å². The van der Waals surface area contributed by atoms with E-state index >= 15 is 0 Å². The molecule has 4 nitrogen and oxygen atoms in total. The molecular weight excluding hydrogens is 298 g/mol. The largest absolute Gasteiger partial charge is 0.350 e. The van der Waals surface area contributed by atoms with Crippen LogP contribution in [0.15, 0.2) is 48.8 Å². The van der Waals surface area contributed by atoms with Crippen LogP contribution >= 0.6 is 0 Å². The minimum atomic E-state index is 0.0481. The first-order valence-corrected chi connectivity index (χ1v) is 8.20. The Bertz CT molecular complexity index is 881. The molecule has 0 saturated heterocycles. The van der Waals surface area contributed by atoms with Gasteiger partial charge in [-0.1, -0.05) is 18.2 Å². The lowest BCUT2D eigenvalue weighted by Gasteiger charge is -2.24. The number of fused-ring (bicyclic) bond motifs is 1. The Morgan fingerprint density at radius 1 is 1.29 bits per heavy atom. The third kappa shape index (κ3) is 3.04. The van der Waals surface area contributed by atoms with Gasteiger partial charge >= 0.3 is 0 Å². The van der Waals surface area contributed by atoms with E-state index in [1.54, 1.807) is 0 Å². The van der Waals surface area contributed by atoms with E-state index in [0.29, 0.717) is 0 Å². The third-order valence-corrected chi connectivity index (χ3v) is 4.59. The molecule has 24 heavy (non-hydrogen) atoms. The summed E-state index contributed by atoms with van der Waals surface area (Å²) in [6.07, 6.45) is 4.49. The monoisotopic (exact) mass is 321 g/mol. The summed E-state index contributed by atoms with van der Waals surface area (Å²) in [5, 5.41) is 0.998. The highest BCUT2D eigenvalue weighted by molar-refractivity contribution is 6.07. The molecule has 0 bridgehead atoms. The second-order valence-electron chi connectivity index (χ2n) is 6.46. The summed E-state index contributed by atoms with van der Waals surface area (Å²) in [6.45, 7) is 4.12. The summed E-state index contributed by atoms with van der Waals surface area (Å²) in [6, 6.07) is 12.1. The molecule has 0 spiro atoms. The summed E-state index contributed by atoms with van der Waals surface area (Å²) in [7, 11) is 3.84. The molecule has 0 saturated carbocycles. The third-order valence-electron chi connectivity index (χ3n) is 4.59. The fourth-order valence-electron chi connectivity index (χ4n) is 3.05. The first kappa shape index (κ1) is 16.2. The second kappa shape index (κ2) is 6.48. The van der Waals surface area contributed by atoms with Crippen molar-refractivity contribution in [3.05, 3.63) is 65.6 Å². The Balaban J connectivity index is 1.83. The van der Waals surface area contributed by atoms with Crippen LogP contribution in [0.1, 0.15) is 28.5 Å². The first-order chi connectivity index (χ1) is 11.5. The Kier molecular flexibility index (Phi) is 4.38. The fraction of sp³-hybridized carbons (Fsp3) is 0.300. The number of amides is 1. The topological polar surface area (TPSA) is 38.1 Å². The number of likely N-dealkylation sites (N-methyl/N-ethyl adjacent to an activating group) is 1. The van der Waals surface area contributed by atoms with Crippen molar-refractivity contribution in [2.45, 2.75) is 26.3 Å². The van der Waals surface area contributed by atoms with Crippen molar-refractivity contribution in [2.24, 2.45) is 7.05 Å². The van der Waals surface area contributed by atoms with Gasteiger partial charge in [-0.15, -0.1) is 0 Å². The molecule has 124 valence electrons. The van der Waals surface area contributed by atoms with Gasteiger partial charge in [-0.05, 0) is 37.6 Å². The van der Waals surface area contributed by atoms with E-state index in [9.17, 15) is 4.79 Å². The number of benzene rings is 1. The molecule has 1 amide bonds. The number of rotatable bonds is 4. The van der Waals surface area contributed by atoms with Crippen LogP contribution in [0.4, 0.5) is 0 Å². The van der Waals surface area contributed by atoms with Crippen LogP contribution in [0.3, 0.4) is 0 Å². The van der Waals surface area contributed by atoms with Crippen molar-refractivity contribution in [3.63, 3.8) is 0 Å². The van der Waals surface area contributed by atoms with E-state index in [0.717, 1.165) is 28.6 Å². The molecule has 0 aliphatic rings. The average Bonchev–Trinajstić information content (AvgIpc) is 2.91. The van der Waals surface area contributed by atoms with Gasteiger partial charge in [0.2, 0.25) is 0 Å². The van der Waals surface area contributed by atoms with Crippen LogP contribution in [0.5, 0.6) is 0 Å². The van der Waals surface area contributed by atoms with Gasteiger partial charge in [0.15, 0.2) is 0 Å². The average molecular weight is 321 g/mol. The smallest absolute Gasteiger partial charge is 0.256 e. The molecule has 3 aromatic rings. The van der Waals surface area contributed by atoms with Crippen LogP contribution in [-0.4, -0.2) is 33.4 Å². The lowest BCUT2D eigenvalue weighted by molar-refractivity contribution is 0.0744. The van der Waals surface area contributed by atoms with Crippen LogP contribution in [0.25, 0.3) is 10.9 Å². The highest BCUT2D eigenvalue weighted by Crippen LogP contribution is 2.22. The molecule has 0 fully saturated rings. The molecule has 0 N–H and O–H groups in total. The minimum absolute atomic E-state index is 0.0481. The molecule has 0 aliphatic carbocycles. The quantitative estimate of drug-likeness (QED) is 0.736. The van der Waals surface area contributed by atoms with Gasteiger partial charge in [-0.3, -0.25) is 9.78 Å². The number of hydrogen-bond acceptors (Lipinski definition) is 2. The van der Waals surface area contributed by atoms with Crippen LogP contribution in [0.2, 0.25) is 0 Å². The summed E-state index contributed by atoms with van der Waals surface area (Å²) in [5.74, 6) is 0.0481. The number of carbonyl (C=O) groups excluding carboxylic acids is 1. The number of aryl methyl sites for hydroxylation is 2. The van der Waals surface area contributed by atoms with Crippen molar-refractivity contribution >= 4 is 16.8 Å². The zero-order valence-corrected chi connectivity index (χ0v) is 14.7. The molecule has 0 unspecified atom stereocenters. The molecule has 4 heteroatoms. The highest BCUT2D eigenvalue weighted by Gasteiger charge is 2.21. The maximum absolute atomic E-state index is 13.0. The zero-order chi connectivity index (χ0) is 17.3. The van der Waals surface area contributed by atoms with Crippen molar-refractivity contribution < 1.29 is 4.79 Å². The normalized spacial score (nSPS) is 12.3. The lowest BCUT2D eigenvalue weighted by atomic mass is 10.1. The van der Waals surface area contributed by atoms with E-state index in [-0.39, 0.29) is 11.9 Å². The minimum Gasteiger partial charge on any atom is -0.350 e. The van der Waals surface area contributed by atoms with E-state index in [2.05, 4.69) is 24.9 Å². The van der Waals surface area contributed by atoms with Crippen LogP contribution in [0, 0.1) is 6.92 Å². The SMILES string of the molecule is Cc1ccnc(C[C@H](C)N(C)C(=O)c2cn(C)c3ccccc23)c1. The standard InChI is InChI=1S/C20H23N3O/c1-14-9-10-21-16(11-14)12-15(2)23(4)20(24)18-13-22(3)19-8-6-5-7-17(18)19/h5-11,13,15H,12H2,1-4H3/t15-/m0/s1. The molecule has 0 radical (unpaired) electrons. The zero-order valence-electron chi connectivity index (χ0n) is 14.7. The Morgan fingerprint density at radius 2 is 2.04 bits per heavy atom. The van der Waals surface area contributed by atoms with Gasteiger partial charge in [0.05, 0.1) is 5.56 Å². The van der Waals surface area contributed by atoms with Gasteiger partial charge in [-0.2, -0.15) is 0 Å². The van der Waals surface area contributed by atoms with Gasteiger partial charge in [0.25, 0.3) is 5.91 Å². The number of carbonyl (C=O) groups is 1. The summed E-state index contributed by atoms with van der Waals surface area (Å²) in [4.78, 5) is 19.2.